The number of fused-ring (bicyclic) bond motifs is 2. The maximum Gasteiger partial charge on any atom is 0.488 e. The lowest BCUT2D eigenvalue weighted by atomic mass is 10.1. The molecule has 2 aromatic rings. The van der Waals surface area contributed by atoms with Gasteiger partial charge >= 0.3 is 21.5 Å². The van der Waals surface area contributed by atoms with Crippen molar-refractivity contribution in [3.63, 3.8) is 0 Å². The summed E-state index contributed by atoms with van der Waals surface area (Å²) >= 11 is 0. The minimum atomic E-state index is -3.60. The molecule has 2 aromatic heterocycles. The predicted octanol–water partition coefficient (Wildman–Crippen LogP) is -2.09. The van der Waals surface area contributed by atoms with Crippen LogP contribution in [0, 0.1) is 0 Å². The molecule has 16 heteroatoms. The summed E-state index contributed by atoms with van der Waals surface area (Å²) in [6.45, 7) is 0.307. The third-order valence-corrected chi connectivity index (χ3v) is 5.43. The molecule has 4 rings (SSSR count). The smallest absolute Gasteiger partial charge is 0.438 e. The van der Waals surface area contributed by atoms with Crippen molar-refractivity contribution in [3.05, 3.63) is 16.7 Å². The highest BCUT2D eigenvalue weighted by atomic mass is 31.2. The van der Waals surface area contributed by atoms with Gasteiger partial charge in [0.1, 0.15) is 12.7 Å². The van der Waals surface area contributed by atoms with Crippen molar-refractivity contribution >= 4 is 38.6 Å². The van der Waals surface area contributed by atoms with E-state index in [1.54, 1.807) is 0 Å². The summed E-state index contributed by atoms with van der Waals surface area (Å²) in [4.78, 5) is 44.6. The second-order valence-corrected chi connectivity index (χ2v) is 7.95. The molecule has 154 valence electrons. The third kappa shape index (κ3) is 3.80. The Bertz CT molecular complexity index is 984. The number of rotatable bonds is 4. The van der Waals surface area contributed by atoms with Crippen LogP contribution in [-0.4, -0.2) is 76.1 Å². The number of aromatic nitrogens is 4. The number of carbonyl (C=O) groups is 1. The van der Waals surface area contributed by atoms with Gasteiger partial charge in [-0.3, -0.25) is 14.3 Å². The molecule has 2 fully saturated rings. The first-order valence-corrected chi connectivity index (χ1v) is 10.2. The number of ether oxygens (including phenoxy) is 2. The largest absolute Gasteiger partial charge is 0.488 e. The molecule has 2 saturated heterocycles. The lowest BCUT2D eigenvalue weighted by molar-refractivity contribution is -0.0606. The fraction of sp³-hybridized carbons (Fsp3) is 0.538. The number of anilines is 1. The van der Waals surface area contributed by atoms with Gasteiger partial charge in [0.15, 0.2) is 29.6 Å². The quantitative estimate of drug-likeness (QED) is 0.265. The number of hydrogen-bond donors (Lipinski definition) is 5. The maximum absolute atomic E-state index is 12.1. The van der Waals surface area contributed by atoms with E-state index in [1.807, 2.05) is 0 Å². The average molecular weight is 426 g/mol. The van der Waals surface area contributed by atoms with Crippen molar-refractivity contribution in [1.29, 1.82) is 0 Å². The zero-order valence-corrected chi connectivity index (χ0v) is 15.8. The van der Waals surface area contributed by atoms with E-state index in [9.17, 15) is 14.5 Å². The monoisotopic (exact) mass is 426 g/mol. The highest BCUT2D eigenvalue weighted by Gasteiger charge is 2.59. The highest BCUT2D eigenvalue weighted by molar-refractivity contribution is 7.85. The van der Waals surface area contributed by atoms with Crippen LogP contribution in [0.15, 0.2) is 11.1 Å². The molecule has 1 amide bonds. The molecule has 2 aliphatic rings. The van der Waals surface area contributed by atoms with Gasteiger partial charge in [0, 0.05) is 13.1 Å². The van der Waals surface area contributed by atoms with Crippen molar-refractivity contribution < 1.29 is 28.2 Å². The van der Waals surface area contributed by atoms with Crippen LogP contribution in [0.25, 0.3) is 11.2 Å². The Kier molecular flexibility index (Phi) is 5.19. The number of imidazole rings is 1. The Hall–Kier alpha value is -2.29. The first kappa shape index (κ1) is 20.0. The zero-order chi connectivity index (χ0) is 20.8. The van der Waals surface area contributed by atoms with Crippen molar-refractivity contribution in [1.82, 2.24) is 24.8 Å². The SMILES string of the molecule is [B][P+]1(O)OC[C@H]2O[C@@H](n3cnc4c(=O)[nH]c(N)nc43)[C@@H](OC(=O)NCCN)[C@H]2O1. The topological polar surface area (TPSA) is 202 Å². The van der Waals surface area contributed by atoms with Gasteiger partial charge in [-0.05, 0) is 0 Å². The first-order chi connectivity index (χ1) is 13.8. The maximum atomic E-state index is 12.1. The number of hydrogen-bond acceptors (Lipinski definition) is 11. The molecule has 0 aromatic carbocycles. The molecular weight excluding hydrogens is 408 g/mol. The summed E-state index contributed by atoms with van der Waals surface area (Å²) in [7, 11) is 2.00. The van der Waals surface area contributed by atoms with E-state index in [1.165, 1.54) is 10.9 Å². The standard InChI is InChI=1S/C13H18BN7O7P/c14-29(24)25-3-5-7(28-29)8(27-13(23)17-2-1-15)11(26-5)21-4-18-6-9(21)19-12(16)20-10(6)22/h4-5,7-8,11,24H,1-3,15H2,(H,17,23)(H3,16,19,20,22)/q+1/t5-,7+,8+,11-,29?/m1/s1. The molecule has 1 unspecified atom stereocenters. The minimum Gasteiger partial charge on any atom is -0.438 e. The lowest BCUT2D eigenvalue weighted by Crippen LogP contribution is -2.44. The van der Waals surface area contributed by atoms with Crippen molar-refractivity contribution in [2.45, 2.75) is 24.5 Å². The van der Waals surface area contributed by atoms with Crippen molar-refractivity contribution in [2.24, 2.45) is 5.73 Å². The van der Waals surface area contributed by atoms with E-state index in [4.69, 9.17) is 37.6 Å². The van der Waals surface area contributed by atoms with Crippen LogP contribution in [-0.2, 0) is 18.5 Å². The summed E-state index contributed by atoms with van der Waals surface area (Å²) in [6, 6.07) is 0. The Morgan fingerprint density at radius 1 is 1.59 bits per heavy atom. The molecule has 0 spiro atoms. The van der Waals surface area contributed by atoms with Crippen LogP contribution in [0.1, 0.15) is 6.23 Å². The molecule has 4 heterocycles. The van der Waals surface area contributed by atoms with E-state index in [0.29, 0.717) is 0 Å². The summed E-state index contributed by atoms with van der Waals surface area (Å²) in [5, 5.41) is 2.47. The molecule has 0 bridgehead atoms. The summed E-state index contributed by atoms with van der Waals surface area (Å²) < 4.78 is 23.3. The first-order valence-electron chi connectivity index (χ1n) is 8.54. The predicted molar refractivity (Wildman–Crippen MR) is 99.5 cm³/mol. The van der Waals surface area contributed by atoms with Gasteiger partial charge in [-0.1, -0.05) is 0 Å². The van der Waals surface area contributed by atoms with Crippen LogP contribution in [0.4, 0.5) is 10.7 Å². The van der Waals surface area contributed by atoms with Gasteiger partial charge < -0.3 is 26.3 Å². The molecule has 0 saturated carbocycles. The molecule has 2 radical (unpaired) electrons. The molecule has 14 nitrogen and oxygen atoms in total. The number of nitrogen functional groups attached to an aromatic ring is 1. The van der Waals surface area contributed by atoms with Gasteiger partial charge in [0.25, 0.3) is 5.56 Å². The van der Waals surface area contributed by atoms with E-state index in [0.717, 1.165) is 0 Å². The number of carbonyl (C=O) groups excluding carboxylic acids is 1. The Morgan fingerprint density at radius 2 is 2.38 bits per heavy atom. The van der Waals surface area contributed by atoms with Gasteiger partial charge in [-0.2, -0.15) is 14.0 Å². The summed E-state index contributed by atoms with van der Waals surface area (Å²) in [6.07, 6.45) is -3.21. The van der Waals surface area contributed by atoms with Crippen molar-refractivity contribution in [3.8, 4) is 0 Å². The molecular formula is C13H18BN7O7P+. The number of nitrogens with two attached hydrogens (primary N) is 2. The van der Waals surface area contributed by atoms with Gasteiger partial charge in [-0.25, -0.2) is 14.7 Å². The van der Waals surface area contributed by atoms with E-state index < -0.39 is 44.0 Å². The van der Waals surface area contributed by atoms with E-state index in [-0.39, 0.29) is 36.8 Å². The Balaban J connectivity index is 1.71. The molecule has 5 atom stereocenters. The van der Waals surface area contributed by atoms with Crippen LogP contribution in [0.3, 0.4) is 0 Å². The number of H-pyrrole nitrogens is 1. The number of aromatic amines is 1. The molecule has 29 heavy (non-hydrogen) atoms. The second kappa shape index (κ2) is 7.52. The summed E-state index contributed by atoms with van der Waals surface area (Å²) in [5.41, 5.74) is 10.6. The number of nitrogens with one attached hydrogen (secondary N) is 2. The fourth-order valence-corrected chi connectivity index (χ4v) is 4.20. The Morgan fingerprint density at radius 3 is 3.14 bits per heavy atom. The van der Waals surface area contributed by atoms with Crippen LogP contribution in [0.2, 0.25) is 0 Å². The second-order valence-electron chi connectivity index (χ2n) is 6.36. The highest BCUT2D eigenvalue weighted by Crippen LogP contribution is 2.58. The molecule has 0 aliphatic carbocycles. The van der Waals surface area contributed by atoms with E-state index >= 15 is 0 Å². The third-order valence-electron chi connectivity index (χ3n) is 4.36. The number of alkyl carbamates (subject to hydrolysis) is 1. The van der Waals surface area contributed by atoms with E-state index in [2.05, 4.69) is 20.3 Å². The van der Waals surface area contributed by atoms with Crippen LogP contribution >= 0.6 is 7.82 Å². The van der Waals surface area contributed by atoms with Crippen LogP contribution < -0.4 is 22.3 Å². The lowest BCUT2D eigenvalue weighted by Gasteiger charge is -2.29. The fourth-order valence-electron chi connectivity index (χ4n) is 3.17. The molecule has 2 aliphatic heterocycles. The van der Waals surface area contributed by atoms with Gasteiger partial charge in [0.2, 0.25) is 5.95 Å². The van der Waals surface area contributed by atoms with Gasteiger partial charge in [0.05, 0.1) is 6.33 Å². The van der Waals surface area contributed by atoms with Crippen LogP contribution in [0.5, 0.6) is 0 Å². The molecule has 7 N–H and O–H groups in total. The zero-order valence-electron chi connectivity index (χ0n) is 14.9. The van der Waals surface area contributed by atoms with Crippen molar-refractivity contribution in [2.75, 3.05) is 25.4 Å². The minimum absolute atomic E-state index is 0.0176. The summed E-state index contributed by atoms with van der Waals surface area (Å²) in [5.74, 6) is -0.125. The Labute approximate surface area is 164 Å². The normalized spacial score (nSPS) is 31.5. The number of amides is 1. The van der Waals surface area contributed by atoms with Gasteiger partial charge in [-0.15, -0.1) is 0 Å². The average Bonchev–Trinajstić information content (AvgIpc) is 3.21. The number of nitrogens with zero attached hydrogens (tertiary/aromatic N) is 3.